The second-order valence-corrected chi connectivity index (χ2v) is 7.11. The summed E-state index contributed by atoms with van der Waals surface area (Å²) < 4.78 is 31.5. The summed E-state index contributed by atoms with van der Waals surface area (Å²) in [5.41, 5.74) is 4.79. The summed E-state index contributed by atoms with van der Waals surface area (Å²) in [5.74, 6) is 0. The van der Waals surface area contributed by atoms with Crippen molar-refractivity contribution in [2.45, 2.75) is 31.9 Å². The Hall–Kier alpha value is -1.59. The summed E-state index contributed by atoms with van der Waals surface area (Å²) in [5, 5.41) is 0.0188. The van der Waals surface area contributed by atoms with Crippen molar-refractivity contribution in [2.24, 2.45) is 0 Å². The largest absolute Gasteiger partial charge is 0.452 e. The van der Waals surface area contributed by atoms with E-state index in [1.807, 2.05) is 6.92 Å². The number of furan rings is 1. The van der Waals surface area contributed by atoms with Crippen molar-refractivity contribution in [1.82, 2.24) is 4.31 Å². The third kappa shape index (κ3) is 2.17. The van der Waals surface area contributed by atoms with Crippen LogP contribution >= 0.6 is 0 Å². The Morgan fingerprint density at radius 3 is 2.75 bits per heavy atom. The smallest absolute Gasteiger partial charge is 0.276 e. The lowest BCUT2D eigenvalue weighted by molar-refractivity contribution is 0.364. The molecular formula is C15H17NO3S. The maximum absolute atomic E-state index is 12.5. The molecule has 3 rings (SSSR count). The van der Waals surface area contributed by atoms with Crippen molar-refractivity contribution in [3.8, 4) is 0 Å². The first-order valence-electron chi connectivity index (χ1n) is 6.61. The van der Waals surface area contributed by atoms with E-state index in [1.165, 1.54) is 33.3 Å². The van der Waals surface area contributed by atoms with Gasteiger partial charge in [-0.25, -0.2) is 8.42 Å². The van der Waals surface area contributed by atoms with Gasteiger partial charge in [0.1, 0.15) is 0 Å². The van der Waals surface area contributed by atoms with Crippen LogP contribution in [0.25, 0.3) is 0 Å². The van der Waals surface area contributed by atoms with Gasteiger partial charge in [-0.15, -0.1) is 0 Å². The van der Waals surface area contributed by atoms with Gasteiger partial charge in [-0.3, -0.25) is 0 Å². The average molecular weight is 291 g/mol. The number of fused-ring (bicyclic) bond motifs is 1. The van der Waals surface area contributed by atoms with Gasteiger partial charge < -0.3 is 4.42 Å². The molecule has 0 fully saturated rings. The van der Waals surface area contributed by atoms with Crippen molar-refractivity contribution in [3.05, 3.63) is 52.8 Å². The SMILES string of the molecule is Cc1cc(C)c2c(c1)CN(S(=O)(=O)c1ccco1)CC2. The Kier molecular flexibility index (Phi) is 3.18. The molecule has 0 atom stereocenters. The summed E-state index contributed by atoms with van der Waals surface area (Å²) in [6.07, 6.45) is 2.14. The Balaban J connectivity index is 1.97. The van der Waals surface area contributed by atoms with Crippen molar-refractivity contribution >= 4 is 10.0 Å². The van der Waals surface area contributed by atoms with Gasteiger partial charge in [0, 0.05) is 13.1 Å². The van der Waals surface area contributed by atoms with Crippen molar-refractivity contribution in [1.29, 1.82) is 0 Å². The monoisotopic (exact) mass is 291 g/mol. The molecule has 0 N–H and O–H groups in total. The second-order valence-electron chi connectivity index (χ2n) is 5.24. The first kappa shape index (κ1) is 13.4. The van der Waals surface area contributed by atoms with E-state index in [0.717, 1.165) is 12.0 Å². The van der Waals surface area contributed by atoms with Gasteiger partial charge >= 0.3 is 0 Å². The standard InChI is InChI=1S/C15H17NO3S/c1-11-8-12(2)14-5-6-16(10-13(14)9-11)20(17,18)15-4-3-7-19-15/h3-4,7-9H,5-6,10H2,1-2H3. The van der Waals surface area contributed by atoms with Gasteiger partial charge in [0.05, 0.1) is 6.26 Å². The number of benzene rings is 1. The highest BCUT2D eigenvalue weighted by Gasteiger charge is 2.30. The zero-order chi connectivity index (χ0) is 14.3. The van der Waals surface area contributed by atoms with Crippen LogP contribution < -0.4 is 0 Å². The lowest BCUT2D eigenvalue weighted by Crippen LogP contribution is -2.36. The van der Waals surface area contributed by atoms with Gasteiger partial charge in [0.2, 0.25) is 5.09 Å². The van der Waals surface area contributed by atoms with Crippen LogP contribution in [0, 0.1) is 13.8 Å². The number of rotatable bonds is 2. The van der Waals surface area contributed by atoms with E-state index in [4.69, 9.17) is 4.42 Å². The predicted octanol–water partition coefficient (Wildman–Crippen LogP) is 2.64. The molecule has 20 heavy (non-hydrogen) atoms. The molecule has 0 saturated carbocycles. The molecule has 0 unspecified atom stereocenters. The highest BCUT2D eigenvalue weighted by molar-refractivity contribution is 7.89. The Morgan fingerprint density at radius 2 is 2.05 bits per heavy atom. The van der Waals surface area contributed by atoms with Crippen LogP contribution in [-0.4, -0.2) is 19.3 Å². The maximum Gasteiger partial charge on any atom is 0.276 e. The lowest BCUT2D eigenvalue weighted by Gasteiger charge is -2.28. The predicted molar refractivity (Wildman–Crippen MR) is 75.9 cm³/mol. The first-order chi connectivity index (χ1) is 9.48. The van der Waals surface area contributed by atoms with Crippen LogP contribution in [0.3, 0.4) is 0 Å². The third-order valence-electron chi connectivity index (χ3n) is 3.76. The van der Waals surface area contributed by atoms with E-state index in [2.05, 4.69) is 19.1 Å². The zero-order valence-corrected chi connectivity index (χ0v) is 12.4. The van der Waals surface area contributed by atoms with Crippen molar-refractivity contribution in [3.63, 3.8) is 0 Å². The molecule has 1 aliphatic rings. The van der Waals surface area contributed by atoms with E-state index < -0.39 is 10.0 Å². The first-order valence-corrected chi connectivity index (χ1v) is 8.05. The summed E-state index contributed by atoms with van der Waals surface area (Å²) in [7, 11) is -3.52. The molecule has 106 valence electrons. The van der Waals surface area contributed by atoms with Crippen LogP contribution in [0.4, 0.5) is 0 Å². The van der Waals surface area contributed by atoms with Gasteiger partial charge in [-0.2, -0.15) is 4.31 Å². The fourth-order valence-corrected chi connectivity index (χ4v) is 4.16. The van der Waals surface area contributed by atoms with Gasteiger partial charge in [-0.05, 0) is 49.1 Å². The van der Waals surface area contributed by atoms with Crippen molar-refractivity contribution in [2.75, 3.05) is 6.54 Å². The average Bonchev–Trinajstić information content (AvgIpc) is 2.92. The number of nitrogens with zero attached hydrogens (tertiary/aromatic N) is 1. The topological polar surface area (TPSA) is 50.5 Å². The van der Waals surface area contributed by atoms with Crippen molar-refractivity contribution < 1.29 is 12.8 Å². The molecule has 0 radical (unpaired) electrons. The van der Waals surface area contributed by atoms with E-state index >= 15 is 0 Å². The van der Waals surface area contributed by atoms with E-state index in [1.54, 1.807) is 6.07 Å². The third-order valence-corrected chi connectivity index (χ3v) is 5.49. The quantitative estimate of drug-likeness (QED) is 0.854. The Morgan fingerprint density at radius 1 is 1.25 bits per heavy atom. The van der Waals surface area contributed by atoms with Crippen LogP contribution in [0.5, 0.6) is 0 Å². The number of hydrogen-bond acceptors (Lipinski definition) is 3. The molecular weight excluding hydrogens is 274 g/mol. The number of aryl methyl sites for hydroxylation is 2. The minimum absolute atomic E-state index is 0.0188. The van der Waals surface area contributed by atoms with E-state index in [9.17, 15) is 8.42 Å². The van der Waals surface area contributed by atoms with E-state index in [-0.39, 0.29) is 5.09 Å². The lowest BCUT2D eigenvalue weighted by atomic mass is 9.94. The second kappa shape index (κ2) is 4.75. The highest BCUT2D eigenvalue weighted by Crippen LogP contribution is 2.27. The molecule has 0 bridgehead atoms. The Bertz CT molecular complexity index is 733. The molecule has 0 amide bonds. The summed E-state index contributed by atoms with van der Waals surface area (Å²) in [4.78, 5) is 0. The molecule has 1 aromatic carbocycles. The van der Waals surface area contributed by atoms with Crippen LogP contribution in [0.15, 0.2) is 40.0 Å². The molecule has 2 aromatic rings. The molecule has 0 aliphatic carbocycles. The fraction of sp³-hybridized carbons (Fsp3) is 0.333. The maximum atomic E-state index is 12.5. The molecule has 1 aromatic heterocycles. The molecule has 2 heterocycles. The molecule has 4 nitrogen and oxygen atoms in total. The van der Waals surface area contributed by atoms with Gasteiger partial charge in [0.15, 0.2) is 0 Å². The highest BCUT2D eigenvalue weighted by atomic mass is 32.2. The summed E-state index contributed by atoms with van der Waals surface area (Å²) in [6, 6.07) is 7.31. The molecule has 0 spiro atoms. The summed E-state index contributed by atoms with van der Waals surface area (Å²) in [6.45, 7) is 5.04. The van der Waals surface area contributed by atoms with Crippen LogP contribution in [0.2, 0.25) is 0 Å². The fourth-order valence-electron chi connectivity index (χ4n) is 2.83. The van der Waals surface area contributed by atoms with Gasteiger partial charge in [-0.1, -0.05) is 17.7 Å². The molecule has 1 aliphatic heterocycles. The van der Waals surface area contributed by atoms with Gasteiger partial charge in [0.25, 0.3) is 10.0 Å². The minimum atomic E-state index is -3.52. The number of hydrogen-bond donors (Lipinski definition) is 0. The minimum Gasteiger partial charge on any atom is -0.452 e. The van der Waals surface area contributed by atoms with Crippen LogP contribution in [-0.2, 0) is 23.0 Å². The number of sulfonamides is 1. The Labute approximate surface area is 119 Å². The van der Waals surface area contributed by atoms with Crippen LogP contribution in [0.1, 0.15) is 22.3 Å². The zero-order valence-electron chi connectivity index (χ0n) is 11.6. The molecule has 0 saturated heterocycles. The van der Waals surface area contributed by atoms with E-state index in [0.29, 0.717) is 13.1 Å². The summed E-state index contributed by atoms with van der Waals surface area (Å²) >= 11 is 0. The molecule has 5 heteroatoms. The normalized spacial score (nSPS) is 16.1.